The molecule has 1 amide bonds. The molecule has 1 aromatic heterocycles. The molecule has 2 aromatic rings. The third-order valence-electron chi connectivity index (χ3n) is 5.44. The maximum atomic E-state index is 12.6. The van der Waals surface area contributed by atoms with Crippen molar-refractivity contribution in [1.29, 1.82) is 0 Å². The smallest absolute Gasteiger partial charge is 0.272 e. The fourth-order valence-corrected chi connectivity index (χ4v) is 5.48. The summed E-state index contributed by atoms with van der Waals surface area (Å²) in [6.45, 7) is 0.558. The van der Waals surface area contributed by atoms with Gasteiger partial charge in [0.25, 0.3) is 5.91 Å². The van der Waals surface area contributed by atoms with Crippen LogP contribution in [0.25, 0.3) is 0 Å². The molecule has 5 rings (SSSR count). The number of amides is 1. The lowest BCUT2D eigenvalue weighted by atomic mass is 10.2. The van der Waals surface area contributed by atoms with Crippen LogP contribution in [-0.2, 0) is 16.4 Å². The van der Waals surface area contributed by atoms with E-state index in [-0.39, 0.29) is 30.2 Å². The predicted molar refractivity (Wildman–Crippen MR) is 100 cm³/mol. The van der Waals surface area contributed by atoms with Crippen molar-refractivity contribution in [3.8, 4) is 11.5 Å². The minimum Gasteiger partial charge on any atom is -0.454 e. The number of nitrogens with zero attached hydrogens (tertiary/aromatic N) is 2. The van der Waals surface area contributed by atoms with Gasteiger partial charge in [0.2, 0.25) is 6.79 Å². The van der Waals surface area contributed by atoms with Crippen LogP contribution < -0.4 is 14.8 Å². The van der Waals surface area contributed by atoms with Crippen molar-refractivity contribution in [3.05, 3.63) is 41.2 Å². The minimum absolute atomic E-state index is 0.104. The summed E-state index contributed by atoms with van der Waals surface area (Å²) in [5, 5.41) is 7.37. The van der Waals surface area contributed by atoms with Gasteiger partial charge in [-0.1, -0.05) is 6.07 Å². The number of nitrogens with one attached hydrogen (secondary N) is 1. The molecule has 1 aromatic carbocycles. The van der Waals surface area contributed by atoms with Crippen LogP contribution in [0.3, 0.4) is 0 Å². The maximum Gasteiger partial charge on any atom is 0.272 e. The molecule has 1 N–H and O–H groups in total. The van der Waals surface area contributed by atoms with Crippen LogP contribution in [-0.4, -0.2) is 42.4 Å². The number of hydrogen-bond acceptors (Lipinski definition) is 6. The summed E-state index contributed by atoms with van der Waals surface area (Å²) in [5.41, 5.74) is 2.23. The Kier molecular flexibility index (Phi) is 4.08. The van der Waals surface area contributed by atoms with Gasteiger partial charge in [-0.3, -0.25) is 9.48 Å². The van der Waals surface area contributed by atoms with Crippen molar-refractivity contribution in [2.45, 2.75) is 37.8 Å². The lowest BCUT2D eigenvalue weighted by Gasteiger charge is -2.12. The van der Waals surface area contributed by atoms with Crippen molar-refractivity contribution < 1.29 is 22.7 Å². The number of sulfone groups is 1. The quantitative estimate of drug-likeness (QED) is 0.817. The van der Waals surface area contributed by atoms with Crippen LogP contribution in [0.5, 0.6) is 11.5 Å². The van der Waals surface area contributed by atoms with Crippen LogP contribution in [0.4, 0.5) is 0 Å². The normalized spacial score (nSPS) is 22.4. The average Bonchev–Trinajstić information content (AvgIpc) is 3.09. The Morgan fingerprint density at radius 1 is 1.18 bits per heavy atom. The first-order chi connectivity index (χ1) is 13.5. The number of benzene rings is 1. The van der Waals surface area contributed by atoms with E-state index in [0.717, 1.165) is 24.1 Å². The zero-order valence-corrected chi connectivity index (χ0v) is 16.1. The van der Waals surface area contributed by atoms with Crippen LogP contribution in [0.1, 0.15) is 53.0 Å². The van der Waals surface area contributed by atoms with Gasteiger partial charge >= 0.3 is 0 Å². The monoisotopic (exact) mass is 403 g/mol. The molecule has 0 unspecified atom stereocenters. The third kappa shape index (κ3) is 3.34. The van der Waals surface area contributed by atoms with E-state index in [2.05, 4.69) is 10.4 Å². The molecule has 8 nitrogen and oxygen atoms in total. The van der Waals surface area contributed by atoms with E-state index in [1.165, 1.54) is 0 Å². The number of carbonyl (C=O) groups is 1. The summed E-state index contributed by atoms with van der Waals surface area (Å²) in [4.78, 5) is 12.6. The summed E-state index contributed by atoms with van der Waals surface area (Å²) >= 11 is 0. The molecular weight excluding hydrogens is 382 g/mol. The zero-order valence-electron chi connectivity index (χ0n) is 15.3. The van der Waals surface area contributed by atoms with Crippen molar-refractivity contribution >= 4 is 15.7 Å². The SMILES string of the molecule is O=C(NCc1ccc2c(c1)OCO2)c1cc(C2CC2)n([C@H]2CCS(=O)(=O)C2)n1. The van der Waals surface area contributed by atoms with Crippen molar-refractivity contribution in [1.82, 2.24) is 15.1 Å². The first-order valence-corrected chi connectivity index (χ1v) is 11.3. The van der Waals surface area contributed by atoms with Gasteiger partial charge in [0.05, 0.1) is 17.5 Å². The van der Waals surface area contributed by atoms with Gasteiger partial charge in [-0.15, -0.1) is 0 Å². The molecule has 1 saturated carbocycles. The molecule has 2 fully saturated rings. The van der Waals surface area contributed by atoms with E-state index in [0.29, 0.717) is 36.1 Å². The highest BCUT2D eigenvalue weighted by molar-refractivity contribution is 7.91. The number of fused-ring (bicyclic) bond motifs is 1. The summed E-state index contributed by atoms with van der Waals surface area (Å²) in [5.74, 6) is 1.79. The van der Waals surface area contributed by atoms with Gasteiger partial charge in [-0.05, 0) is 43.0 Å². The molecule has 1 saturated heterocycles. The highest BCUT2D eigenvalue weighted by atomic mass is 32.2. The predicted octanol–water partition coefficient (Wildman–Crippen LogP) is 1.78. The lowest BCUT2D eigenvalue weighted by molar-refractivity contribution is 0.0944. The summed E-state index contributed by atoms with van der Waals surface area (Å²) in [6, 6.07) is 7.20. The van der Waals surface area contributed by atoms with Crippen LogP contribution in [0.2, 0.25) is 0 Å². The molecule has 3 aliphatic rings. The van der Waals surface area contributed by atoms with Gasteiger partial charge in [-0.2, -0.15) is 5.10 Å². The standard InChI is InChI=1S/C19H21N3O5S/c23-19(20-9-12-1-4-17-18(7-12)27-11-26-17)15-8-16(13-2-3-13)22(21-15)14-5-6-28(24,25)10-14/h1,4,7-8,13-14H,2-3,5-6,9-11H2,(H,20,23)/t14-/m0/s1. The third-order valence-corrected chi connectivity index (χ3v) is 7.19. The molecule has 148 valence electrons. The van der Waals surface area contributed by atoms with E-state index in [9.17, 15) is 13.2 Å². The molecule has 0 bridgehead atoms. The van der Waals surface area contributed by atoms with E-state index < -0.39 is 9.84 Å². The Labute approximate surface area is 162 Å². The molecule has 9 heteroatoms. The molecule has 0 spiro atoms. The molecule has 1 atom stereocenters. The molecule has 3 heterocycles. The van der Waals surface area contributed by atoms with Crippen LogP contribution in [0, 0.1) is 0 Å². The minimum atomic E-state index is -3.01. The second kappa shape index (κ2) is 6.51. The van der Waals surface area contributed by atoms with Gasteiger partial charge in [-0.25, -0.2) is 8.42 Å². The van der Waals surface area contributed by atoms with Crippen LogP contribution in [0.15, 0.2) is 24.3 Å². The largest absolute Gasteiger partial charge is 0.454 e. The highest BCUT2D eigenvalue weighted by Gasteiger charge is 2.36. The number of aromatic nitrogens is 2. The number of rotatable bonds is 5. The topological polar surface area (TPSA) is 99.5 Å². The number of hydrogen-bond donors (Lipinski definition) is 1. The Morgan fingerprint density at radius 3 is 2.75 bits per heavy atom. The lowest BCUT2D eigenvalue weighted by Crippen LogP contribution is -2.24. The average molecular weight is 403 g/mol. The van der Waals surface area contributed by atoms with E-state index >= 15 is 0 Å². The molecule has 2 aliphatic heterocycles. The van der Waals surface area contributed by atoms with Crippen molar-refractivity contribution in [2.24, 2.45) is 0 Å². The van der Waals surface area contributed by atoms with E-state index in [1.54, 1.807) is 4.68 Å². The van der Waals surface area contributed by atoms with Gasteiger partial charge in [0.1, 0.15) is 5.69 Å². The summed E-state index contributed by atoms with van der Waals surface area (Å²) in [7, 11) is -3.01. The van der Waals surface area contributed by atoms with E-state index in [4.69, 9.17) is 9.47 Å². The summed E-state index contributed by atoms with van der Waals surface area (Å²) < 4.78 is 36.1. The number of carbonyl (C=O) groups excluding carboxylic acids is 1. The maximum absolute atomic E-state index is 12.6. The zero-order chi connectivity index (χ0) is 19.3. The Morgan fingerprint density at radius 2 is 2.00 bits per heavy atom. The molecule has 28 heavy (non-hydrogen) atoms. The first kappa shape index (κ1) is 17.5. The first-order valence-electron chi connectivity index (χ1n) is 9.45. The fourth-order valence-electron chi connectivity index (χ4n) is 3.79. The van der Waals surface area contributed by atoms with Crippen LogP contribution >= 0.6 is 0 Å². The second-order valence-electron chi connectivity index (χ2n) is 7.60. The van der Waals surface area contributed by atoms with Gasteiger partial charge in [0, 0.05) is 18.2 Å². The Hall–Kier alpha value is -2.55. The molecule has 0 radical (unpaired) electrons. The Balaban J connectivity index is 1.31. The number of ether oxygens (including phenoxy) is 2. The van der Waals surface area contributed by atoms with Crippen molar-refractivity contribution in [3.63, 3.8) is 0 Å². The fraction of sp³-hybridized carbons (Fsp3) is 0.474. The highest BCUT2D eigenvalue weighted by Crippen LogP contribution is 2.42. The van der Waals surface area contributed by atoms with E-state index in [1.807, 2.05) is 24.3 Å². The van der Waals surface area contributed by atoms with Crippen molar-refractivity contribution in [2.75, 3.05) is 18.3 Å². The second-order valence-corrected chi connectivity index (χ2v) is 9.83. The van der Waals surface area contributed by atoms with Gasteiger partial charge in [0.15, 0.2) is 21.3 Å². The molecular formula is C19H21N3O5S. The van der Waals surface area contributed by atoms with Gasteiger partial charge < -0.3 is 14.8 Å². The molecule has 1 aliphatic carbocycles. The Bertz CT molecular complexity index is 1040. The summed E-state index contributed by atoms with van der Waals surface area (Å²) in [6.07, 6.45) is 2.68.